The van der Waals surface area contributed by atoms with E-state index in [0.717, 1.165) is 0 Å². The summed E-state index contributed by atoms with van der Waals surface area (Å²) in [4.78, 5) is 5.06. The van der Waals surface area contributed by atoms with Gasteiger partial charge in [-0.3, -0.25) is 0 Å². The number of nitrogens with zero attached hydrogens (tertiary/aromatic N) is 2. The highest BCUT2D eigenvalue weighted by Crippen LogP contribution is 2.30. The molecule has 0 saturated carbocycles. The minimum Gasteiger partial charge on any atom is -0.304 e. The van der Waals surface area contributed by atoms with Gasteiger partial charge in [0, 0.05) is 26.2 Å². The Morgan fingerprint density at radius 3 is 2.06 bits per heavy atom. The smallest absolute Gasteiger partial charge is 0.0110 e. The zero-order valence-corrected chi connectivity index (χ0v) is 11.8. The van der Waals surface area contributed by atoms with Crippen LogP contribution in [0.3, 0.4) is 0 Å². The number of hydrogen-bond donors (Lipinski definition) is 0. The summed E-state index contributed by atoms with van der Waals surface area (Å²) < 4.78 is 0. The molecule has 1 heterocycles. The molecule has 96 valence electrons. The van der Waals surface area contributed by atoms with Crippen molar-refractivity contribution >= 4 is 0 Å². The summed E-state index contributed by atoms with van der Waals surface area (Å²) >= 11 is 0. The van der Waals surface area contributed by atoms with Crippen LogP contribution in [0.1, 0.15) is 46.5 Å². The summed E-state index contributed by atoms with van der Waals surface area (Å²) in [6, 6.07) is 0. The molecule has 2 heteroatoms. The van der Waals surface area contributed by atoms with Gasteiger partial charge in [0.25, 0.3) is 0 Å². The van der Waals surface area contributed by atoms with Crippen molar-refractivity contribution in [1.29, 1.82) is 0 Å². The maximum atomic E-state index is 2.63. The molecule has 0 unspecified atom stereocenters. The second kappa shape index (κ2) is 6.61. The molecule has 1 saturated heterocycles. The molecule has 1 fully saturated rings. The van der Waals surface area contributed by atoms with E-state index in [1.165, 1.54) is 58.4 Å². The Hall–Kier alpha value is -0.0800. The van der Waals surface area contributed by atoms with E-state index in [2.05, 4.69) is 37.6 Å². The zero-order valence-electron chi connectivity index (χ0n) is 11.8. The van der Waals surface area contributed by atoms with Crippen LogP contribution in [0, 0.1) is 5.41 Å². The molecule has 0 radical (unpaired) electrons. The number of likely N-dealkylation sites (N-methyl/N-ethyl adjacent to an activating group) is 1. The fraction of sp³-hybridized carbons (Fsp3) is 1.00. The molecule has 0 bridgehead atoms. The quantitative estimate of drug-likeness (QED) is 0.687. The third-order valence-corrected chi connectivity index (χ3v) is 4.56. The van der Waals surface area contributed by atoms with Crippen LogP contribution in [-0.4, -0.2) is 49.6 Å². The van der Waals surface area contributed by atoms with Crippen molar-refractivity contribution in [3.63, 3.8) is 0 Å². The maximum absolute atomic E-state index is 2.63. The van der Waals surface area contributed by atoms with Gasteiger partial charge in [0.2, 0.25) is 0 Å². The highest BCUT2D eigenvalue weighted by Gasteiger charge is 2.20. The molecule has 0 N–H and O–H groups in total. The van der Waals surface area contributed by atoms with Crippen LogP contribution in [0.15, 0.2) is 0 Å². The minimum atomic E-state index is 0.590. The Labute approximate surface area is 102 Å². The lowest BCUT2D eigenvalue weighted by Gasteiger charge is -2.33. The van der Waals surface area contributed by atoms with Gasteiger partial charge in [-0.1, -0.05) is 33.6 Å². The Bertz CT molecular complexity index is 179. The average molecular weight is 226 g/mol. The van der Waals surface area contributed by atoms with E-state index in [4.69, 9.17) is 0 Å². The molecule has 16 heavy (non-hydrogen) atoms. The number of piperazine rings is 1. The van der Waals surface area contributed by atoms with Crippen LogP contribution in [0.5, 0.6) is 0 Å². The molecule has 1 rings (SSSR count). The Balaban J connectivity index is 2.15. The highest BCUT2D eigenvalue weighted by molar-refractivity contribution is 4.73. The molecule has 0 aromatic heterocycles. The first kappa shape index (κ1) is 14.0. The molecule has 0 aromatic rings. The van der Waals surface area contributed by atoms with E-state index in [0.29, 0.717) is 5.41 Å². The average Bonchev–Trinajstić information content (AvgIpc) is 2.31. The molecule has 2 nitrogen and oxygen atoms in total. The van der Waals surface area contributed by atoms with Gasteiger partial charge < -0.3 is 9.80 Å². The summed E-state index contributed by atoms with van der Waals surface area (Å²) in [7, 11) is 2.22. The summed E-state index contributed by atoms with van der Waals surface area (Å²) in [5.41, 5.74) is 0.590. The summed E-state index contributed by atoms with van der Waals surface area (Å²) in [6.07, 6.45) is 5.42. The van der Waals surface area contributed by atoms with Crippen LogP contribution in [0.2, 0.25) is 0 Å². The van der Waals surface area contributed by atoms with Crippen molar-refractivity contribution in [3.05, 3.63) is 0 Å². The van der Waals surface area contributed by atoms with Gasteiger partial charge in [0.1, 0.15) is 0 Å². The molecule has 0 aliphatic carbocycles. The van der Waals surface area contributed by atoms with Crippen molar-refractivity contribution in [2.75, 3.05) is 39.8 Å². The van der Waals surface area contributed by atoms with E-state index in [-0.39, 0.29) is 0 Å². The fourth-order valence-corrected chi connectivity index (χ4v) is 2.40. The Morgan fingerprint density at radius 2 is 1.56 bits per heavy atom. The molecule has 0 amide bonds. The summed E-state index contributed by atoms with van der Waals surface area (Å²) in [5, 5.41) is 0. The van der Waals surface area contributed by atoms with E-state index in [1.807, 2.05) is 0 Å². The molecule has 1 aliphatic rings. The third kappa shape index (κ3) is 4.42. The van der Waals surface area contributed by atoms with Crippen molar-refractivity contribution in [2.24, 2.45) is 5.41 Å². The zero-order chi connectivity index (χ0) is 12.0. The maximum Gasteiger partial charge on any atom is 0.0110 e. The first-order valence-corrected chi connectivity index (χ1v) is 7.00. The minimum absolute atomic E-state index is 0.590. The largest absolute Gasteiger partial charge is 0.304 e. The van der Waals surface area contributed by atoms with E-state index in [1.54, 1.807) is 0 Å². The van der Waals surface area contributed by atoms with Gasteiger partial charge in [-0.05, 0) is 31.8 Å². The second-order valence-corrected chi connectivity index (χ2v) is 5.77. The van der Waals surface area contributed by atoms with E-state index >= 15 is 0 Å². The van der Waals surface area contributed by atoms with Crippen LogP contribution in [0.4, 0.5) is 0 Å². The van der Waals surface area contributed by atoms with Gasteiger partial charge in [0.15, 0.2) is 0 Å². The van der Waals surface area contributed by atoms with Gasteiger partial charge in [-0.25, -0.2) is 0 Å². The van der Waals surface area contributed by atoms with Crippen molar-refractivity contribution in [2.45, 2.75) is 46.5 Å². The Morgan fingerprint density at radius 1 is 1.00 bits per heavy atom. The lowest BCUT2D eigenvalue weighted by Crippen LogP contribution is -2.44. The lowest BCUT2D eigenvalue weighted by molar-refractivity contribution is 0.144. The summed E-state index contributed by atoms with van der Waals surface area (Å²) in [5.74, 6) is 0. The monoisotopic (exact) mass is 226 g/mol. The van der Waals surface area contributed by atoms with Crippen molar-refractivity contribution in [1.82, 2.24) is 9.80 Å². The number of rotatable bonds is 6. The molecule has 1 aliphatic heterocycles. The van der Waals surface area contributed by atoms with E-state index in [9.17, 15) is 0 Å². The second-order valence-electron chi connectivity index (χ2n) is 5.77. The molecule has 0 spiro atoms. The topological polar surface area (TPSA) is 6.48 Å². The predicted molar refractivity (Wildman–Crippen MR) is 71.9 cm³/mol. The van der Waals surface area contributed by atoms with Crippen molar-refractivity contribution < 1.29 is 0 Å². The third-order valence-electron chi connectivity index (χ3n) is 4.56. The SMILES string of the molecule is CCC(C)(CC)CCCN1CCN(C)CC1. The van der Waals surface area contributed by atoms with Crippen LogP contribution in [-0.2, 0) is 0 Å². The first-order valence-electron chi connectivity index (χ1n) is 7.00. The standard InChI is InChI=1S/C14H30N2/c1-5-14(3,6-2)8-7-9-16-12-10-15(4)11-13-16/h5-13H2,1-4H3. The number of hydrogen-bond acceptors (Lipinski definition) is 2. The fourth-order valence-electron chi connectivity index (χ4n) is 2.40. The molecule has 0 aromatic carbocycles. The normalized spacial score (nSPS) is 20.2. The van der Waals surface area contributed by atoms with Crippen LogP contribution in [0.25, 0.3) is 0 Å². The predicted octanol–water partition coefficient (Wildman–Crippen LogP) is 2.84. The highest BCUT2D eigenvalue weighted by atomic mass is 15.2. The van der Waals surface area contributed by atoms with Gasteiger partial charge >= 0.3 is 0 Å². The van der Waals surface area contributed by atoms with Gasteiger partial charge in [0.05, 0.1) is 0 Å². The first-order chi connectivity index (χ1) is 7.59. The van der Waals surface area contributed by atoms with Crippen molar-refractivity contribution in [3.8, 4) is 0 Å². The molecular weight excluding hydrogens is 196 g/mol. The molecule has 0 atom stereocenters. The van der Waals surface area contributed by atoms with Gasteiger partial charge in [-0.2, -0.15) is 0 Å². The Kier molecular flexibility index (Phi) is 5.77. The lowest BCUT2D eigenvalue weighted by atomic mass is 9.80. The molecular formula is C14H30N2. The van der Waals surface area contributed by atoms with Crippen LogP contribution < -0.4 is 0 Å². The van der Waals surface area contributed by atoms with Gasteiger partial charge in [-0.15, -0.1) is 0 Å². The van der Waals surface area contributed by atoms with Crippen LogP contribution >= 0.6 is 0 Å². The summed E-state index contributed by atoms with van der Waals surface area (Å²) in [6.45, 7) is 13.5. The van der Waals surface area contributed by atoms with E-state index < -0.39 is 0 Å².